The molecule has 0 bridgehead atoms. The van der Waals surface area contributed by atoms with Crippen LogP contribution in [0.2, 0.25) is 0 Å². The molecule has 0 spiro atoms. The Morgan fingerprint density at radius 1 is 1.38 bits per heavy atom. The van der Waals surface area contributed by atoms with Crippen LogP contribution in [-0.2, 0) is 11.2 Å². The summed E-state index contributed by atoms with van der Waals surface area (Å²) in [4.78, 5) is 10.5. The van der Waals surface area contributed by atoms with Crippen LogP contribution >= 0.6 is 0 Å². The Labute approximate surface area is 79.8 Å². The third-order valence-electron chi connectivity index (χ3n) is 2.23. The molecule has 1 aromatic rings. The quantitative estimate of drug-likeness (QED) is 0.687. The summed E-state index contributed by atoms with van der Waals surface area (Å²) in [5.74, 6) is 0. The van der Waals surface area contributed by atoms with Crippen molar-refractivity contribution < 1.29 is 4.79 Å². The van der Waals surface area contributed by atoms with Crippen molar-refractivity contribution in [3.05, 3.63) is 34.9 Å². The molecule has 69 valence electrons. The van der Waals surface area contributed by atoms with Crippen molar-refractivity contribution >= 4 is 6.29 Å². The summed E-state index contributed by atoms with van der Waals surface area (Å²) >= 11 is 0. The fourth-order valence-electron chi connectivity index (χ4n) is 1.32. The normalized spacial score (nSPS) is 10.0. The van der Waals surface area contributed by atoms with Gasteiger partial charge >= 0.3 is 0 Å². The van der Waals surface area contributed by atoms with Gasteiger partial charge in [0, 0.05) is 5.56 Å². The van der Waals surface area contributed by atoms with Crippen LogP contribution in [0.1, 0.15) is 36.5 Å². The fourth-order valence-corrected chi connectivity index (χ4v) is 1.32. The zero-order chi connectivity index (χ0) is 9.68. The molecule has 0 aliphatic heterocycles. The van der Waals surface area contributed by atoms with Gasteiger partial charge in [-0.1, -0.05) is 25.5 Å². The number of hydrogen-bond donors (Lipinski definition) is 0. The number of aryl methyl sites for hydroxylation is 2. The summed E-state index contributed by atoms with van der Waals surface area (Å²) in [7, 11) is 0. The lowest BCUT2D eigenvalue weighted by atomic mass is 10.0. The second kappa shape index (κ2) is 4.80. The van der Waals surface area contributed by atoms with Gasteiger partial charge in [0.1, 0.15) is 0 Å². The second-order valence-corrected chi connectivity index (χ2v) is 3.35. The first-order valence-corrected chi connectivity index (χ1v) is 4.75. The van der Waals surface area contributed by atoms with Crippen molar-refractivity contribution in [2.24, 2.45) is 0 Å². The molecule has 0 saturated heterocycles. The Morgan fingerprint density at radius 2 is 2.15 bits per heavy atom. The predicted octanol–water partition coefficient (Wildman–Crippen LogP) is 2.80. The van der Waals surface area contributed by atoms with E-state index in [1.54, 1.807) is 0 Å². The number of unbranched alkanes of at least 4 members (excludes halogenated alkanes) is 1. The molecule has 0 aromatic heterocycles. The molecule has 0 fully saturated rings. The van der Waals surface area contributed by atoms with E-state index >= 15 is 0 Å². The van der Waals surface area contributed by atoms with Crippen LogP contribution in [0, 0.1) is 6.92 Å². The minimum atomic E-state index is 0.702. The van der Waals surface area contributed by atoms with Crippen LogP contribution in [0.3, 0.4) is 0 Å². The van der Waals surface area contributed by atoms with E-state index < -0.39 is 0 Å². The zero-order valence-corrected chi connectivity index (χ0v) is 8.26. The topological polar surface area (TPSA) is 17.1 Å². The minimum Gasteiger partial charge on any atom is -0.285 e. The molecular formula is C12H15O. The van der Waals surface area contributed by atoms with E-state index in [4.69, 9.17) is 0 Å². The molecule has 1 heteroatoms. The van der Waals surface area contributed by atoms with Crippen molar-refractivity contribution in [1.29, 1.82) is 0 Å². The highest BCUT2D eigenvalue weighted by Gasteiger charge is 1.99. The lowest BCUT2D eigenvalue weighted by Crippen LogP contribution is -1.91. The minimum absolute atomic E-state index is 0.702. The first-order valence-electron chi connectivity index (χ1n) is 4.75. The van der Waals surface area contributed by atoms with Gasteiger partial charge < -0.3 is 0 Å². The van der Waals surface area contributed by atoms with E-state index in [0.717, 1.165) is 12.0 Å². The van der Waals surface area contributed by atoms with E-state index in [0.29, 0.717) is 5.56 Å². The van der Waals surface area contributed by atoms with Crippen LogP contribution in [0.5, 0.6) is 0 Å². The predicted molar refractivity (Wildman–Crippen MR) is 54.6 cm³/mol. The maximum absolute atomic E-state index is 10.5. The SMILES string of the molecule is CCCCc1ccc(C)c([C]=O)c1. The van der Waals surface area contributed by atoms with E-state index in [2.05, 4.69) is 13.0 Å². The number of carbonyl (C=O) groups excluding carboxylic acids is 1. The van der Waals surface area contributed by atoms with Crippen LogP contribution in [0.25, 0.3) is 0 Å². The Morgan fingerprint density at radius 3 is 2.77 bits per heavy atom. The molecule has 0 aliphatic carbocycles. The average molecular weight is 175 g/mol. The van der Waals surface area contributed by atoms with Crippen LogP contribution in [0.4, 0.5) is 0 Å². The van der Waals surface area contributed by atoms with Crippen molar-refractivity contribution in [1.82, 2.24) is 0 Å². The van der Waals surface area contributed by atoms with Crippen LogP contribution < -0.4 is 0 Å². The molecular weight excluding hydrogens is 160 g/mol. The summed E-state index contributed by atoms with van der Waals surface area (Å²) in [6.07, 6.45) is 5.39. The highest BCUT2D eigenvalue weighted by atomic mass is 16.1. The largest absolute Gasteiger partial charge is 0.285 e. The maximum atomic E-state index is 10.5. The average Bonchev–Trinajstić information content (AvgIpc) is 2.16. The first kappa shape index (κ1) is 9.97. The van der Waals surface area contributed by atoms with E-state index in [9.17, 15) is 4.79 Å². The van der Waals surface area contributed by atoms with Crippen molar-refractivity contribution in [2.75, 3.05) is 0 Å². The molecule has 0 amide bonds. The van der Waals surface area contributed by atoms with Gasteiger partial charge in [0.2, 0.25) is 6.29 Å². The van der Waals surface area contributed by atoms with Crippen molar-refractivity contribution in [3.63, 3.8) is 0 Å². The standard InChI is InChI=1S/C12H15O/c1-3-4-5-11-7-6-10(2)12(8-11)9-13/h6-8H,3-5H2,1-2H3. The molecule has 13 heavy (non-hydrogen) atoms. The summed E-state index contributed by atoms with van der Waals surface area (Å²) in [5, 5.41) is 0. The second-order valence-electron chi connectivity index (χ2n) is 3.35. The molecule has 1 rings (SSSR count). The number of rotatable bonds is 4. The van der Waals surface area contributed by atoms with Gasteiger partial charge in [-0.25, -0.2) is 0 Å². The van der Waals surface area contributed by atoms with Gasteiger partial charge in [0.15, 0.2) is 0 Å². The molecule has 1 aromatic carbocycles. The monoisotopic (exact) mass is 175 g/mol. The number of benzene rings is 1. The molecule has 0 aliphatic rings. The third-order valence-corrected chi connectivity index (χ3v) is 2.23. The smallest absolute Gasteiger partial charge is 0.233 e. The van der Waals surface area contributed by atoms with Gasteiger partial charge in [-0.15, -0.1) is 0 Å². The van der Waals surface area contributed by atoms with Gasteiger partial charge in [-0.2, -0.15) is 0 Å². The van der Waals surface area contributed by atoms with Crippen molar-refractivity contribution in [2.45, 2.75) is 33.1 Å². The summed E-state index contributed by atoms with van der Waals surface area (Å²) in [6, 6.07) is 6.02. The summed E-state index contributed by atoms with van der Waals surface area (Å²) in [6.45, 7) is 4.10. The molecule has 0 atom stereocenters. The molecule has 0 heterocycles. The van der Waals surface area contributed by atoms with Crippen LogP contribution in [0.15, 0.2) is 18.2 Å². The van der Waals surface area contributed by atoms with Gasteiger partial charge in [0.05, 0.1) is 0 Å². The third kappa shape index (κ3) is 2.69. The molecule has 0 saturated carbocycles. The van der Waals surface area contributed by atoms with Crippen LogP contribution in [-0.4, -0.2) is 6.29 Å². The molecule has 0 unspecified atom stereocenters. The Balaban J connectivity index is 2.80. The molecule has 1 radical (unpaired) electrons. The van der Waals surface area contributed by atoms with Gasteiger partial charge in [-0.05, 0) is 37.0 Å². The van der Waals surface area contributed by atoms with E-state index in [1.807, 2.05) is 25.3 Å². The highest BCUT2D eigenvalue weighted by Crippen LogP contribution is 2.11. The van der Waals surface area contributed by atoms with E-state index in [-0.39, 0.29) is 0 Å². The number of hydrogen-bond acceptors (Lipinski definition) is 1. The zero-order valence-electron chi connectivity index (χ0n) is 8.26. The van der Waals surface area contributed by atoms with Gasteiger partial charge in [0.25, 0.3) is 0 Å². The summed E-state index contributed by atoms with van der Waals surface area (Å²) < 4.78 is 0. The summed E-state index contributed by atoms with van der Waals surface area (Å²) in [5.41, 5.74) is 2.95. The molecule has 0 N–H and O–H groups in total. The lowest BCUT2D eigenvalue weighted by molar-refractivity contribution is 0.562. The fraction of sp³-hybridized carbons (Fsp3) is 0.417. The van der Waals surface area contributed by atoms with E-state index in [1.165, 1.54) is 18.4 Å². The Bertz CT molecular complexity index is 289. The first-order chi connectivity index (χ1) is 6.27. The Hall–Kier alpha value is -1.11. The molecule has 1 nitrogen and oxygen atoms in total. The van der Waals surface area contributed by atoms with Gasteiger partial charge in [-0.3, -0.25) is 4.79 Å². The van der Waals surface area contributed by atoms with Crippen molar-refractivity contribution in [3.8, 4) is 0 Å². The Kier molecular flexibility index (Phi) is 3.69. The lowest BCUT2D eigenvalue weighted by Gasteiger charge is -2.02. The maximum Gasteiger partial charge on any atom is 0.233 e. The highest BCUT2D eigenvalue weighted by molar-refractivity contribution is 5.77.